The highest BCUT2D eigenvalue weighted by Crippen LogP contribution is 2.36. The van der Waals surface area contributed by atoms with Crippen LogP contribution >= 0.6 is 0 Å². The monoisotopic (exact) mass is 539 g/mol. The number of piperidine rings is 1. The molecule has 5 rings (SSSR count). The van der Waals surface area contributed by atoms with Crippen LogP contribution in [0.5, 0.6) is 0 Å². The highest BCUT2D eigenvalue weighted by molar-refractivity contribution is 6.05. The number of carboxylic acid groups (broad SMARTS) is 1. The summed E-state index contributed by atoms with van der Waals surface area (Å²) in [6.45, 7) is 3.92. The molecule has 0 unspecified atom stereocenters. The largest absolute Gasteiger partial charge is 0.464 e. The topological polar surface area (TPSA) is 141 Å². The van der Waals surface area contributed by atoms with E-state index in [9.17, 15) is 19.5 Å². The summed E-state index contributed by atoms with van der Waals surface area (Å²) in [6, 6.07) is 18.4. The van der Waals surface area contributed by atoms with E-state index in [0.29, 0.717) is 27.9 Å². The fourth-order valence-electron chi connectivity index (χ4n) is 4.81. The second kappa shape index (κ2) is 11.7. The first-order valence-corrected chi connectivity index (χ1v) is 13.0. The van der Waals surface area contributed by atoms with E-state index in [1.54, 1.807) is 0 Å². The van der Waals surface area contributed by atoms with Gasteiger partial charge in [-0.2, -0.15) is 9.89 Å². The van der Waals surface area contributed by atoms with E-state index in [1.807, 2.05) is 55.5 Å². The third kappa shape index (κ3) is 5.78. The molecular formula is C29H29N7O4. The molecule has 0 bridgehead atoms. The molecule has 0 saturated carbocycles. The number of benzene rings is 2. The molecule has 3 heterocycles. The van der Waals surface area contributed by atoms with Crippen LogP contribution in [-0.4, -0.2) is 51.0 Å². The summed E-state index contributed by atoms with van der Waals surface area (Å²) in [5.41, 5.74) is 11.4. The van der Waals surface area contributed by atoms with Gasteiger partial charge in [-0.05, 0) is 56.0 Å². The minimum Gasteiger partial charge on any atom is -0.464 e. The smallest absolute Gasteiger partial charge is 0.425 e. The maximum atomic E-state index is 13.5. The number of aryl methyl sites for hydroxylation is 1. The lowest BCUT2D eigenvalue weighted by molar-refractivity contribution is 0.0841. The molecule has 2 aromatic carbocycles. The molecule has 0 radical (unpaired) electrons. The lowest BCUT2D eigenvalue weighted by Crippen LogP contribution is -2.43. The minimum atomic E-state index is -1.40. The van der Waals surface area contributed by atoms with Gasteiger partial charge in [0.2, 0.25) is 0 Å². The number of hydrogen-bond acceptors (Lipinski definition) is 6. The Kier molecular flexibility index (Phi) is 7.72. The van der Waals surface area contributed by atoms with Gasteiger partial charge >= 0.3 is 6.09 Å². The first kappa shape index (κ1) is 26.4. The number of aromatic nitrogens is 3. The number of anilines is 1. The van der Waals surface area contributed by atoms with Crippen LogP contribution in [0.15, 0.2) is 73.1 Å². The van der Waals surface area contributed by atoms with Crippen LogP contribution in [0.4, 0.5) is 10.5 Å². The van der Waals surface area contributed by atoms with E-state index in [0.717, 1.165) is 42.0 Å². The molecule has 3 amide bonds. The number of hydrogen-bond donors (Lipinski definition) is 4. The van der Waals surface area contributed by atoms with Gasteiger partial charge in [0.15, 0.2) is 5.69 Å². The summed E-state index contributed by atoms with van der Waals surface area (Å²) in [7, 11) is 0. The maximum absolute atomic E-state index is 13.5. The number of nitrogens with one attached hydrogen (secondary N) is 3. The molecule has 1 aliphatic heterocycles. The van der Waals surface area contributed by atoms with Crippen molar-refractivity contribution in [2.45, 2.75) is 26.2 Å². The molecule has 1 aliphatic rings. The lowest BCUT2D eigenvalue weighted by atomic mass is 9.97. The number of rotatable bonds is 6. The fraction of sp³-hybridized carbons (Fsp3) is 0.207. The van der Waals surface area contributed by atoms with Gasteiger partial charge in [0.1, 0.15) is 5.69 Å². The molecule has 0 atom stereocenters. The Morgan fingerprint density at radius 2 is 1.55 bits per heavy atom. The Morgan fingerprint density at radius 3 is 2.23 bits per heavy atom. The zero-order valence-corrected chi connectivity index (χ0v) is 21.9. The number of nitrogens with zero attached hydrogens (tertiary/aromatic N) is 4. The summed E-state index contributed by atoms with van der Waals surface area (Å²) < 4.78 is 0. The molecule has 0 spiro atoms. The van der Waals surface area contributed by atoms with Crippen molar-refractivity contribution in [1.29, 1.82) is 0 Å². The van der Waals surface area contributed by atoms with Crippen LogP contribution in [0.3, 0.4) is 0 Å². The minimum absolute atomic E-state index is 0.0851. The molecule has 2 aromatic heterocycles. The molecule has 40 heavy (non-hydrogen) atoms. The Balaban J connectivity index is 1.56. The van der Waals surface area contributed by atoms with Crippen LogP contribution in [0.1, 0.15) is 45.7 Å². The van der Waals surface area contributed by atoms with E-state index in [2.05, 4.69) is 31.3 Å². The van der Waals surface area contributed by atoms with Crippen molar-refractivity contribution >= 4 is 23.6 Å². The molecule has 4 N–H and O–H groups in total. The van der Waals surface area contributed by atoms with E-state index in [1.165, 1.54) is 30.9 Å². The normalized spacial score (nSPS) is 13.0. The molecule has 0 aliphatic carbocycles. The van der Waals surface area contributed by atoms with Crippen molar-refractivity contribution in [2.75, 3.05) is 23.4 Å². The van der Waals surface area contributed by atoms with Crippen molar-refractivity contribution in [3.63, 3.8) is 0 Å². The lowest BCUT2D eigenvalue weighted by Gasteiger charge is -2.28. The van der Waals surface area contributed by atoms with Crippen molar-refractivity contribution in [1.82, 2.24) is 25.7 Å². The molecule has 204 valence electrons. The maximum Gasteiger partial charge on any atom is 0.425 e. The average molecular weight is 540 g/mol. The first-order chi connectivity index (χ1) is 19.4. The average Bonchev–Trinajstić information content (AvgIpc) is 3.35. The Bertz CT molecular complexity index is 1530. The van der Waals surface area contributed by atoms with Crippen molar-refractivity contribution < 1.29 is 19.5 Å². The zero-order valence-electron chi connectivity index (χ0n) is 21.9. The van der Waals surface area contributed by atoms with Gasteiger partial charge in [0.25, 0.3) is 11.8 Å². The van der Waals surface area contributed by atoms with Gasteiger partial charge in [-0.15, -0.1) is 0 Å². The molecule has 1 fully saturated rings. The first-order valence-electron chi connectivity index (χ1n) is 13.0. The number of pyridine rings is 1. The Hall–Kier alpha value is -5.19. The Labute approximate surface area is 230 Å². The van der Waals surface area contributed by atoms with Gasteiger partial charge in [0, 0.05) is 47.9 Å². The summed E-state index contributed by atoms with van der Waals surface area (Å²) in [6.07, 6.45) is 5.06. The zero-order chi connectivity index (χ0) is 28.1. The van der Waals surface area contributed by atoms with Gasteiger partial charge < -0.3 is 10.0 Å². The fourth-order valence-corrected chi connectivity index (χ4v) is 4.81. The van der Waals surface area contributed by atoms with Gasteiger partial charge in [-0.25, -0.2) is 10.2 Å². The van der Waals surface area contributed by atoms with Gasteiger partial charge in [-0.3, -0.25) is 25.4 Å². The summed E-state index contributed by atoms with van der Waals surface area (Å²) in [5, 5.41) is 14.0. The number of carbonyl (C=O) groups excluding carboxylic acids is 2. The summed E-state index contributed by atoms with van der Waals surface area (Å²) >= 11 is 0. The van der Waals surface area contributed by atoms with Crippen LogP contribution in [0, 0.1) is 6.92 Å². The highest BCUT2D eigenvalue weighted by Gasteiger charge is 2.27. The summed E-state index contributed by atoms with van der Waals surface area (Å²) in [4.78, 5) is 44.9. The molecule has 11 nitrogen and oxygen atoms in total. The molecule has 4 aromatic rings. The SMILES string of the molecule is Cc1cccc(-c2c(-c3ccc(N4CCCCC4)cc3)nn(NC(=O)O)c2C(=O)NNC(=O)c2ccncc2)c1. The third-order valence-electron chi connectivity index (χ3n) is 6.70. The van der Waals surface area contributed by atoms with E-state index in [-0.39, 0.29) is 5.69 Å². The van der Waals surface area contributed by atoms with Crippen LogP contribution < -0.4 is 21.2 Å². The van der Waals surface area contributed by atoms with E-state index < -0.39 is 17.9 Å². The third-order valence-corrected chi connectivity index (χ3v) is 6.70. The molecule has 11 heteroatoms. The number of hydrazine groups is 1. The van der Waals surface area contributed by atoms with Gasteiger partial charge in [-0.1, -0.05) is 42.0 Å². The summed E-state index contributed by atoms with van der Waals surface area (Å²) in [5.74, 6) is -1.31. The second-order valence-corrected chi connectivity index (χ2v) is 9.51. The van der Waals surface area contributed by atoms with E-state index in [4.69, 9.17) is 0 Å². The van der Waals surface area contributed by atoms with Crippen molar-refractivity contribution in [3.05, 3.63) is 89.9 Å². The second-order valence-electron chi connectivity index (χ2n) is 9.51. The number of amides is 3. The predicted molar refractivity (Wildman–Crippen MR) is 150 cm³/mol. The van der Waals surface area contributed by atoms with Crippen molar-refractivity contribution in [2.24, 2.45) is 0 Å². The quantitative estimate of drug-likeness (QED) is 0.269. The van der Waals surface area contributed by atoms with Crippen LogP contribution in [-0.2, 0) is 0 Å². The van der Waals surface area contributed by atoms with E-state index >= 15 is 0 Å². The highest BCUT2D eigenvalue weighted by atomic mass is 16.4. The molecule has 1 saturated heterocycles. The number of carbonyl (C=O) groups is 3. The standard InChI is InChI=1S/C29H29N7O4/c1-19-6-5-7-22(18-19)24-25(20-8-10-23(11-9-20)35-16-3-2-4-17-35)33-36(34-29(39)40)26(24)28(38)32-31-27(37)21-12-14-30-15-13-21/h5-15,18,34H,2-4,16-17H2,1H3,(H,31,37)(H,32,38)(H,39,40). The van der Waals surface area contributed by atoms with Crippen LogP contribution in [0.25, 0.3) is 22.4 Å². The van der Waals surface area contributed by atoms with Crippen molar-refractivity contribution in [3.8, 4) is 22.4 Å². The van der Waals surface area contributed by atoms with Crippen LogP contribution in [0.2, 0.25) is 0 Å². The van der Waals surface area contributed by atoms with Gasteiger partial charge in [0.05, 0.1) is 0 Å². The predicted octanol–water partition coefficient (Wildman–Crippen LogP) is 4.21. The molecular weight excluding hydrogens is 510 g/mol. The Morgan fingerprint density at radius 1 is 0.850 bits per heavy atom.